The third-order valence-electron chi connectivity index (χ3n) is 1.36. The lowest BCUT2D eigenvalue weighted by Gasteiger charge is -2.02. The first-order valence-electron chi connectivity index (χ1n) is 5.82. The number of carbonyl (C=O) groups is 1. The molecule has 0 heterocycles. The summed E-state index contributed by atoms with van der Waals surface area (Å²) in [6.07, 6.45) is 0. The van der Waals surface area contributed by atoms with Gasteiger partial charge >= 0.3 is 0 Å². The molecule has 0 aromatic heterocycles. The lowest BCUT2D eigenvalue weighted by Crippen LogP contribution is -2.22. The summed E-state index contributed by atoms with van der Waals surface area (Å²) in [4.78, 5) is 11.6. The number of halogens is 2. The average molecular weight is 251 g/mol. The van der Waals surface area contributed by atoms with Gasteiger partial charge in [-0.1, -0.05) is 0 Å². The largest absolute Gasteiger partial charge is 0.352 e. The summed E-state index contributed by atoms with van der Waals surface area (Å²) in [5, 5.41) is 1.75. The molecule has 1 aromatic rings. The molecule has 0 saturated heterocycles. The predicted molar refractivity (Wildman–Crippen MR) is 52.1 cm³/mol. The van der Waals surface area contributed by atoms with Crippen molar-refractivity contribution in [1.82, 2.24) is 5.32 Å². The Morgan fingerprint density at radius 2 is 2.62 bits per heavy atom. The Morgan fingerprint density at radius 3 is 3.23 bits per heavy atom. The first-order valence-corrected chi connectivity index (χ1v) is 4.11. The maximum absolute atomic E-state index is 12.9. The molecular formula is C9H9BrFNO. The van der Waals surface area contributed by atoms with Crippen molar-refractivity contribution in [2.24, 2.45) is 0 Å². The van der Waals surface area contributed by atoms with Gasteiger partial charge in [0, 0.05) is 18.9 Å². The molecule has 0 saturated carbocycles. The fourth-order valence-electron chi connectivity index (χ4n) is 0.766. The predicted octanol–water partition coefficient (Wildman–Crippen LogP) is 2.34. The van der Waals surface area contributed by atoms with Crippen molar-refractivity contribution in [1.29, 1.82) is 0 Å². The molecule has 0 spiro atoms. The van der Waals surface area contributed by atoms with Crippen LogP contribution in [0.3, 0.4) is 0 Å². The van der Waals surface area contributed by atoms with Crippen LogP contribution >= 0.6 is 15.9 Å². The quantitative estimate of drug-likeness (QED) is 0.858. The minimum atomic E-state index is -2.99. The Kier molecular flexibility index (Phi) is 1.71. The van der Waals surface area contributed by atoms with Crippen molar-refractivity contribution >= 4 is 21.8 Å². The van der Waals surface area contributed by atoms with Gasteiger partial charge in [0.25, 0.3) is 5.91 Å². The van der Waals surface area contributed by atoms with E-state index in [1.54, 1.807) is 5.32 Å². The summed E-state index contributed by atoms with van der Waals surface area (Å²) >= 11 is 2.87. The van der Waals surface area contributed by atoms with E-state index < -0.39 is 25.1 Å². The third kappa shape index (κ3) is 2.52. The first kappa shape index (κ1) is 5.10. The van der Waals surface area contributed by atoms with Crippen LogP contribution in [-0.2, 0) is 0 Å². The van der Waals surface area contributed by atoms with Crippen molar-refractivity contribution in [3.63, 3.8) is 0 Å². The highest BCUT2D eigenvalue weighted by Gasteiger charge is 2.06. The molecule has 1 rings (SSSR count). The monoisotopic (exact) mass is 250 g/mol. The Bertz CT molecular complexity index is 477. The summed E-state index contributed by atoms with van der Waals surface area (Å²) < 4.78 is 48.3. The van der Waals surface area contributed by atoms with E-state index in [-0.39, 0.29) is 10.0 Å². The Balaban J connectivity index is 2.93. The van der Waals surface area contributed by atoms with Gasteiger partial charge in [-0.3, -0.25) is 4.79 Å². The minimum absolute atomic E-state index is 0.0320. The van der Waals surface area contributed by atoms with Crippen LogP contribution < -0.4 is 5.32 Å². The summed E-state index contributed by atoms with van der Waals surface area (Å²) in [7, 11) is 0. The van der Waals surface area contributed by atoms with E-state index in [4.69, 9.17) is 6.85 Å². The number of hydrogen-bond acceptors (Lipinski definition) is 1. The molecule has 0 aliphatic heterocycles. The van der Waals surface area contributed by atoms with Gasteiger partial charge in [-0.25, -0.2) is 4.39 Å². The van der Waals surface area contributed by atoms with Crippen molar-refractivity contribution < 1.29 is 16.0 Å². The van der Waals surface area contributed by atoms with Gasteiger partial charge < -0.3 is 5.32 Å². The van der Waals surface area contributed by atoms with E-state index in [0.29, 0.717) is 0 Å². The highest BCUT2D eigenvalue weighted by Crippen LogP contribution is 2.16. The molecule has 2 nitrogen and oxygen atoms in total. The molecule has 1 amide bonds. The van der Waals surface area contributed by atoms with E-state index in [0.717, 1.165) is 18.2 Å². The molecule has 0 atom stereocenters. The van der Waals surface area contributed by atoms with Crippen molar-refractivity contribution in [3.05, 3.63) is 34.1 Å². The summed E-state index contributed by atoms with van der Waals surface area (Å²) in [6.45, 7) is -5.84. The van der Waals surface area contributed by atoms with Crippen LogP contribution in [0.15, 0.2) is 22.7 Å². The van der Waals surface area contributed by atoms with E-state index in [2.05, 4.69) is 15.9 Å². The Labute approximate surface area is 91.3 Å². The Hall–Kier alpha value is -0.900. The lowest BCUT2D eigenvalue weighted by molar-refractivity contribution is 0.0955. The summed E-state index contributed by atoms with van der Waals surface area (Å²) in [5.41, 5.74) is -0.0450. The number of carbonyl (C=O) groups excluding carboxylic acids is 1. The number of hydrogen-bond donors (Lipinski definition) is 1. The van der Waals surface area contributed by atoms with E-state index in [1.165, 1.54) is 0 Å². The zero-order chi connectivity index (χ0) is 14.1. The topological polar surface area (TPSA) is 29.1 Å². The van der Waals surface area contributed by atoms with Gasteiger partial charge in [0.1, 0.15) is 5.82 Å². The summed E-state index contributed by atoms with van der Waals surface area (Å²) in [6, 6.07) is 3.29. The third-order valence-corrected chi connectivity index (χ3v) is 1.97. The lowest BCUT2D eigenvalue weighted by atomic mass is 10.2. The molecule has 1 aromatic carbocycles. The number of benzene rings is 1. The van der Waals surface area contributed by atoms with Gasteiger partial charge in [-0.15, -0.1) is 0 Å². The van der Waals surface area contributed by atoms with Crippen LogP contribution in [0.2, 0.25) is 0 Å². The van der Waals surface area contributed by atoms with E-state index in [9.17, 15) is 9.18 Å². The molecule has 1 N–H and O–H groups in total. The van der Waals surface area contributed by atoms with Crippen molar-refractivity contribution in [2.75, 3.05) is 6.50 Å². The smallest absolute Gasteiger partial charge is 0.251 e. The minimum Gasteiger partial charge on any atom is -0.352 e. The highest BCUT2D eigenvalue weighted by molar-refractivity contribution is 9.10. The number of rotatable bonds is 2. The van der Waals surface area contributed by atoms with Crippen LogP contribution in [0.25, 0.3) is 0 Å². The van der Waals surface area contributed by atoms with E-state index in [1.807, 2.05) is 0 Å². The van der Waals surface area contributed by atoms with Crippen LogP contribution in [0, 0.1) is 5.82 Å². The maximum atomic E-state index is 12.9. The van der Waals surface area contributed by atoms with Crippen LogP contribution in [-0.4, -0.2) is 12.4 Å². The second-order valence-electron chi connectivity index (χ2n) is 2.21. The zero-order valence-electron chi connectivity index (χ0n) is 11.4. The van der Waals surface area contributed by atoms with Gasteiger partial charge in [-0.2, -0.15) is 0 Å². The van der Waals surface area contributed by atoms with Crippen LogP contribution in [0.5, 0.6) is 0 Å². The maximum Gasteiger partial charge on any atom is 0.251 e. The molecule has 0 unspecified atom stereocenters. The number of amides is 1. The molecule has 0 fully saturated rings. The first-order chi connectivity index (χ1) is 8.04. The van der Waals surface area contributed by atoms with Crippen LogP contribution in [0.4, 0.5) is 4.39 Å². The molecule has 0 aliphatic carbocycles. The standard InChI is InChI=1S/C9H9BrFNO/c1-2-12-9(13)6-3-4-8(11)7(10)5-6/h3-5H,2H2,1H3,(H,12,13)/i1D3,2D2. The zero-order valence-corrected chi connectivity index (χ0v) is 7.98. The van der Waals surface area contributed by atoms with Crippen LogP contribution in [0.1, 0.15) is 24.1 Å². The van der Waals surface area contributed by atoms with Gasteiger partial charge in [0.2, 0.25) is 0 Å². The van der Waals surface area contributed by atoms with Gasteiger partial charge in [0.05, 0.1) is 4.47 Å². The molecule has 0 radical (unpaired) electrons. The molecule has 4 heteroatoms. The fraction of sp³-hybridized carbons (Fsp3) is 0.222. The molecule has 0 aliphatic rings. The van der Waals surface area contributed by atoms with Crippen molar-refractivity contribution in [3.8, 4) is 0 Å². The normalized spacial score (nSPS) is 17.5. The highest BCUT2D eigenvalue weighted by atomic mass is 79.9. The average Bonchev–Trinajstić information content (AvgIpc) is 2.19. The summed E-state index contributed by atoms with van der Waals surface area (Å²) in [5.74, 6) is -1.51. The SMILES string of the molecule is [2H]C([2H])([2H])C([2H])([2H])NC(=O)c1ccc(F)c(Br)c1. The van der Waals surface area contributed by atoms with Crippen molar-refractivity contribution in [2.45, 2.75) is 6.85 Å². The fourth-order valence-corrected chi connectivity index (χ4v) is 1.15. The molecule has 13 heavy (non-hydrogen) atoms. The second-order valence-corrected chi connectivity index (χ2v) is 3.06. The van der Waals surface area contributed by atoms with E-state index >= 15 is 0 Å². The molecular weight excluding hydrogens is 237 g/mol. The molecule has 70 valence electrons. The molecule has 0 bridgehead atoms. The Morgan fingerprint density at radius 1 is 1.85 bits per heavy atom. The number of nitrogens with one attached hydrogen (secondary N) is 1. The van der Waals surface area contributed by atoms with Gasteiger partial charge in [-0.05, 0) is 41.0 Å². The van der Waals surface area contributed by atoms with Gasteiger partial charge in [0.15, 0.2) is 0 Å². The second kappa shape index (κ2) is 4.37.